The maximum atomic E-state index is 12.0. The molecule has 1 aliphatic rings. The van der Waals surface area contributed by atoms with Crippen molar-refractivity contribution in [1.82, 2.24) is 0 Å². The molecule has 0 unspecified atom stereocenters. The first-order valence-electron chi connectivity index (χ1n) is 7.30. The monoisotopic (exact) mass is 292 g/mol. The first-order valence-corrected chi connectivity index (χ1v) is 7.30. The van der Waals surface area contributed by atoms with Crippen molar-refractivity contribution in [3.8, 4) is 0 Å². The predicted octanol–water partition coefficient (Wildman–Crippen LogP) is -3.10. The molecular formula is C15H22N3O3+. The summed E-state index contributed by atoms with van der Waals surface area (Å²) in [6.45, 7) is 5.23. The third-order valence-electron chi connectivity index (χ3n) is 3.84. The molecule has 6 heteroatoms. The van der Waals surface area contributed by atoms with Crippen molar-refractivity contribution in [3.05, 3.63) is 29.8 Å². The van der Waals surface area contributed by atoms with Gasteiger partial charge in [-0.05, 0) is 19.1 Å². The summed E-state index contributed by atoms with van der Waals surface area (Å²) in [7, 11) is 0. The quantitative estimate of drug-likeness (QED) is 0.537. The number of carboxylic acid groups (broad SMARTS) is 1. The minimum Gasteiger partial charge on any atom is -0.544 e. The largest absolute Gasteiger partial charge is 0.544 e. The molecule has 1 amide bonds. The molecular weight excluding hydrogens is 270 g/mol. The molecule has 0 radical (unpaired) electrons. The average Bonchev–Trinajstić information content (AvgIpc) is 2.48. The second-order valence-corrected chi connectivity index (χ2v) is 5.51. The van der Waals surface area contributed by atoms with E-state index in [9.17, 15) is 14.7 Å². The fraction of sp³-hybridized carbons (Fsp3) is 0.467. The summed E-state index contributed by atoms with van der Waals surface area (Å²) >= 11 is 0. The van der Waals surface area contributed by atoms with E-state index >= 15 is 0 Å². The Morgan fingerprint density at radius 2 is 1.90 bits per heavy atom. The second-order valence-electron chi connectivity index (χ2n) is 5.51. The summed E-state index contributed by atoms with van der Waals surface area (Å²) in [5.41, 5.74) is 1.79. The molecule has 1 aromatic rings. The van der Waals surface area contributed by atoms with Crippen LogP contribution in [0.4, 0.5) is 5.69 Å². The lowest BCUT2D eigenvalue weighted by Gasteiger charge is -2.30. The highest BCUT2D eigenvalue weighted by Crippen LogP contribution is 2.09. The van der Waals surface area contributed by atoms with Gasteiger partial charge in [0.2, 0.25) is 5.91 Å². The Labute approximate surface area is 124 Å². The molecule has 4 N–H and O–H groups in total. The van der Waals surface area contributed by atoms with Crippen molar-refractivity contribution < 1.29 is 24.9 Å². The Bertz CT molecular complexity index is 495. The highest BCUT2D eigenvalue weighted by atomic mass is 16.4. The zero-order valence-electron chi connectivity index (χ0n) is 12.2. The maximum Gasteiger partial charge on any atom is 0.230 e. The molecule has 1 aliphatic heterocycles. The summed E-state index contributed by atoms with van der Waals surface area (Å²) < 4.78 is 0. The maximum absolute atomic E-state index is 12.0. The molecule has 0 aliphatic carbocycles. The average molecular weight is 292 g/mol. The number of amides is 1. The van der Waals surface area contributed by atoms with Gasteiger partial charge in [-0.2, -0.15) is 0 Å². The van der Waals surface area contributed by atoms with Gasteiger partial charge in [0.1, 0.15) is 32.2 Å². The highest BCUT2D eigenvalue weighted by Gasteiger charge is 2.29. The SMILES string of the molecule is Cc1ccc(NC(=O)C[C@@H](C(=O)[O-])[NH+]2CC[NH2+]CC2)cc1. The Balaban J connectivity index is 1.94. The van der Waals surface area contributed by atoms with Crippen LogP contribution in [0.15, 0.2) is 24.3 Å². The van der Waals surface area contributed by atoms with Crippen LogP contribution in [0.5, 0.6) is 0 Å². The van der Waals surface area contributed by atoms with Gasteiger partial charge in [0.15, 0.2) is 0 Å². The van der Waals surface area contributed by atoms with Crippen LogP contribution in [0.3, 0.4) is 0 Å². The zero-order valence-corrected chi connectivity index (χ0v) is 12.2. The number of benzene rings is 1. The third-order valence-corrected chi connectivity index (χ3v) is 3.84. The fourth-order valence-corrected chi connectivity index (χ4v) is 2.62. The molecule has 0 saturated carbocycles. The molecule has 0 bridgehead atoms. The van der Waals surface area contributed by atoms with Gasteiger partial charge in [0, 0.05) is 5.69 Å². The van der Waals surface area contributed by atoms with Gasteiger partial charge in [-0.15, -0.1) is 0 Å². The lowest BCUT2D eigenvalue weighted by Crippen LogP contribution is -3.24. The van der Waals surface area contributed by atoms with Gasteiger partial charge in [0.05, 0.1) is 12.4 Å². The first-order chi connectivity index (χ1) is 10.1. The Kier molecular flexibility index (Phi) is 5.30. The van der Waals surface area contributed by atoms with Crippen LogP contribution in [-0.2, 0) is 9.59 Å². The number of rotatable bonds is 5. The van der Waals surface area contributed by atoms with E-state index in [0.717, 1.165) is 36.6 Å². The number of nitrogens with one attached hydrogen (secondary N) is 2. The molecule has 0 spiro atoms. The lowest BCUT2D eigenvalue weighted by molar-refractivity contribution is -0.961. The van der Waals surface area contributed by atoms with E-state index in [1.165, 1.54) is 0 Å². The minimum atomic E-state index is -1.15. The van der Waals surface area contributed by atoms with E-state index in [-0.39, 0.29) is 12.3 Å². The molecule has 21 heavy (non-hydrogen) atoms. The van der Waals surface area contributed by atoms with E-state index in [2.05, 4.69) is 10.6 Å². The lowest BCUT2D eigenvalue weighted by atomic mass is 10.1. The molecule has 1 atom stereocenters. The summed E-state index contributed by atoms with van der Waals surface area (Å²) in [6.07, 6.45) is -0.0501. The molecule has 6 nitrogen and oxygen atoms in total. The molecule has 1 fully saturated rings. The number of carboxylic acids is 1. The number of hydrogen-bond donors (Lipinski definition) is 3. The predicted molar refractivity (Wildman–Crippen MR) is 75.6 cm³/mol. The van der Waals surface area contributed by atoms with Crippen molar-refractivity contribution in [3.63, 3.8) is 0 Å². The third kappa shape index (κ3) is 4.54. The number of aliphatic carboxylic acids is 1. The number of quaternary nitrogens is 2. The number of carbonyl (C=O) groups excluding carboxylic acids is 2. The zero-order chi connectivity index (χ0) is 15.2. The second kappa shape index (κ2) is 7.19. The van der Waals surface area contributed by atoms with Crippen molar-refractivity contribution in [2.45, 2.75) is 19.4 Å². The van der Waals surface area contributed by atoms with Crippen LogP contribution in [0.25, 0.3) is 0 Å². The molecule has 1 heterocycles. The number of hydrogen-bond acceptors (Lipinski definition) is 3. The summed E-state index contributed by atoms with van der Waals surface area (Å²) in [5.74, 6) is -1.43. The Morgan fingerprint density at radius 3 is 2.48 bits per heavy atom. The Morgan fingerprint density at radius 1 is 1.29 bits per heavy atom. The Hall–Kier alpha value is -1.92. The standard InChI is InChI=1S/C15H21N3O3/c1-11-2-4-12(5-3-11)17-14(19)10-13(15(20)21)18-8-6-16-7-9-18/h2-5,13,16H,6-10H2,1H3,(H,17,19)(H,20,21)/p+1/t13-/m0/s1. The van der Waals surface area contributed by atoms with Crippen LogP contribution in [-0.4, -0.2) is 44.1 Å². The molecule has 0 aromatic heterocycles. The van der Waals surface area contributed by atoms with Gasteiger partial charge in [-0.3, -0.25) is 4.79 Å². The van der Waals surface area contributed by atoms with Gasteiger partial charge >= 0.3 is 0 Å². The number of carbonyl (C=O) groups is 2. The summed E-state index contributed by atoms with van der Waals surface area (Å²) in [6, 6.07) is 6.65. The number of aryl methyl sites for hydroxylation is 1. The van der Waals surface area contributed by atoms with Crippen molar-refractivity contribution in [1.29, 1.82) is 0 Å². The molecule has 1 saturated heterocycles. The normalized spacial score (nSPS) is 17.2. The van der Waals surface area contributed by atoms with Gasteiger partial charge in [-0.1, -0.05) is 17.7 Å². The molecule has 2 rings (SSSR count). The van der Waals surface area contributed by atoms with Crippen LogP contribution < -0.4 is 20.6 Å². The van der Waals surface area contributed by atoms with Gasteiger partial charge in [0.25, 0.3) is 0 Å². The minimum absolute atomic E-state index is 0.0501. The van der Waals surface area contributed by atoms with E-state index in [1.54, 1.807) is 0 Å². The summed E-state index contributed by atoms with van der Waals surface area (Å²) in [4.78, 5) is 24.3. The van der Waals surface area contributed by atoms with E-state index in [0.29, 0.717) is 5.69 Å². The fourth-order valence-electron chi connectivity index (χ4n) is 2.62. The number of nitrogens with two attached hydrogens (primary N) is 1. The van der Waals surface area contributed by atoms with Crippen LogP contribution >= 0.6 is 0 Å². The number of piperazine rings is 1. The smallest absolute Gasteiger partial charge is 0.230 e. The van der Waals surface area contributed by atoms with E-state index < -0.39 is 12.0 Å². The van der Waals surface area contributed by atoms with Crippen molar-refractivity contribution in [2.75, 3.05) is 31.5 Å². The number of anilines is 1. The van der Waals surface area contributed by atoms with Gasteiger partial charge < -0.3 is 25.4 Å². The first kappa shape index (κ1) is 15.5. The van der Waals surface area contributed by atoms with Crippen LogP contribution in [0.1, 0.15) is 12.0 Å². The van der Waals surface area contributed by atoms with Crippen LogP contribution in [0, 0.1) is 6.92 Å². The topological polar surface area (TPSA) is 90.3 Å². The highest BCUT2D eigenvalue weighted by molar-refractivity contribution is 5.93. The summed E-state index contributed by atoms with van der Waals surface area (Å²) in [5, 5.41) is 16.2. The van der Waals surface area contributed by atoms with Crippen LogP contribution in [0.2, 0.25) is 0 Å². The van der Waals surface area contributed by atoms with Gasteiger partial charge in [-0.25, -0.2) is 0 Å². The molecule has 1 aromatic carbocycles. The van der Waals surface area contributed by atoms with Crippen molar-refractivity contribution in [2.24, 2.45) is 0 Å². The van der Waals surface area contributed by atoms with Crippen molar-refractivity contribution >= 4 is 17.6 Å². The molecule has 114 valence electrons. The van der Waals surface area contributed by atoms with E-state index in [4.69, 9.17) is 0 Å². The van der Waals surface area contributed by atoms with E-state index in [1.807, 2.05) is 31.2 Å².